The summed E-state index contributed by atoms with van der Waals surface area (Å²) in [5, 5.41) is 0. The summed E-state index contributed by atoms with van der Waals surface area (Å²) in [5.74, 6) is 0.806. The Labute approximate surface area is 127 Å². The number of carbonyl (C=O) groups is 1. The molecule has 4 nitrogen and oxygen atoms in total. The van der Waals surface area contributed by atoms with Gasteiger partial charge >= 0.3 is 0 Å². The first-order valence-corrected chi connectivity index (χ1v) is 7.56. The molecule has 1 aromatic rings. The summed E-state index contributed by atoms with van der Waals surface area (Å²) in [6.07, 6.45) is 0.412. The zero-order valence-electron chi connectivity index (χ0n) is 11.2. The third-order valence-corrected chi connectivity index (χ3v) is 3.68. The first-order valence-electron chi connectivity index (χ1n) is 6.48. The van der Waals surface area contributed by atoms with Crippen LogP contribution in [-0.2, 0) is 9.53 Å². The van der Waals surface area contributed by atoms with Crippen LogP contribution >= 0.6 is 22.6 Å². The Balaban J connectivity index is 2.14. The molecule has 0 fully saturated rings. The van der Waals surface area contributed by atoms with Gasteiger partial charge in [-0.15, -0.1) is 0 Å². The Hall–Kier alpha value is -0.820. The maximum atomic E-state index is 12.2. The fourth-order valence-electron chi connectivity index (χ4n) is 2.08. The van der Waals surface area contributed by atoms with E-state index in [2.05, 4.69) is 22.6 Å². The van der Waals surface area contributed by atoms with Gasteiger partial charge in [0.2, 0.25) is 0 Å². The minimum absolute atomic E-state index is 0.0187. The fraction of sp³-hybridized carbons (Fsp3) is 0.500. The molecule has 0 N–H and O–H groups in total. The smallest absolute Gasteiger partial charge is 0.267 e. The maximum Gasteiger partial charge on any atom is 0.267 e. The molecule has 1 amide bonds. The molecule has 19 heavy (non-hydrogen) atoms. The number of benzene rings is 1. The van der Waals surface area contributed by atoms with Gasteiger partial charge in [-0.05, 0) is 61.1 Å². The molecular formula is C14H18INO3. The molecule has 1 aromatic carbocycles. The molecule has 0 bridgehead atoms. The maximum absolute atomic E-state index is 12.2. The van der Waals surface area contributed by atoms with E-state index in [1.807, 2.05) is 25.1 Å². The number of nitrogens with zero attached hydrogens (tertiary/aromatic N) is 1. The molecule has 0 saturated carbocycles. The van der Waals surface area contributed by atoms with Gasteiger partial charge in [0.25, 0.3) is 5.91 Å². The van der Waals surface area contributed by atoms with Crippen LogP contribution in [0, 0.1) is 3.57 Å². The SMILES string of the molecule is CCOCCCN1C(=O)C(C)Oc2cc(I)ccc21. The molecule has 104 valence electrons. The number of hydrogen-bond acceptors (Lipinski definition) is 3. The topological polar surface area (TPSA) is 38.8 Å². The van der Waals surface area contributed by atoms with Crippen molar-refractivity contribution in [2.24, 2.45) is 0 Å². The lowest BCUT2D eigenvalue weighted by molar-refractivity contribution is -0.125. The van der Waals surface area contributed by atoms with Crippen molar-refractivity contribution < 1.29 is 14.3 Å². The molecule has 1 unspecified atom stereocenters. The first-order chi connectivity index (χ1) is 9.13. The Morgan fingerprint density at radius 2 is 2.26 bits per heavy atom. The second-order valence-corrected chi connectivity index (χ2v) is 5.66. The van der Waals surface area contributed by atoms with Crippen molar-refractivity contribution in [1.29, 1.82) is 0 Å². The van der Waals surface area contributed by atoms with Crippen LogP contribution in [0.1, 0.15) is 20.3 Å². The number of fused-ring (bicyclic) bond motifs is 1. The zero-order chi connectivity index (χ0) is 13.8. The van der Waals surface area contributed by atoms with Gasteiger partial charge in [0, 0.05) is 23.3 Å². The Kier molecular flexibility index (Phi) is 5.04. The van der Waals surface area contributed by atoms with Gasteiger partial charge in [0.1, 0.15) is 5.75 Å². The third kappa shape index (κ3) is 3.39. The summed E-state index contributed by atoms with van der Waals surface area (Å²) in [4.78, 5) is 14.0. The molecule has 0 saturated heterocycles. The van der Waals surface area contributed by atoms with E-state index in [9.17, 15) is 4.79 Å². The Morgan fingerprint density at radius 3 is 3.00 bits per heavy atom. The number of rotatable bonds is 5. The molecule has 1 aliphatic heterocycles. The highest BCUT2D eigenvalue weighted by Gasteiger charge is 2.31. The summed E-state index contributed by atoms with van der Waals surface area (Å²) in [7, 11) is 0. The minimum Gasteiger partial charge on any atom is -0.479 e. The molecule has 2 rings (SSSR count). The largest absolute Gasteiger partial charge is 0.479 e. The molecule has 1 atom stereocenters. The monoisotopic (exact) mass is 375 g/mol. The van der Waals surface area contributed by atoms with Gasteiger partial charge < -0.3 is 14.4 Å². The second-order valence-electron chi connectivity index (χ2n) is 4.41. The number of ether oxygens (including phenoxy) is 2. The highest BCUT2D eigenvalue weighted by atomic mass is 127. The minimum atomic E-state index is -0.419. The molecule has 0 aliphatic carbocycles. The molecule has 1 heterocycles. The van der Waals surface area contributed by atoms with Crippen molar-refractivity contribution in [2.75, 3.05) is 24.7 Å². The van der Waals surface area contributed by atoms with E-state index in [0.717, 1.165) is 21.4 Å². The highest BCUT2D eigenvalue weighted by Crippen LogP contribution is 2.35. The van der Waals surface area contributed by atoms with E-state index >= 15 is 0 Å². The van der Waals surface area contributed by atoms with E-state index in [-0.39, 0.29) is 5.91 Å². The lowest BCUT2D eigenvalue weighted by Crippen LogP contribution is -2.45. The summed E-state index contributed by atoms with van der Waals surface area (Å²) >= 11 is 2.24. The summed E-state index contributed by atoms with van der Waals surface area (Å²) in [6.45, 7) is 5.82. The normalized spacial score (nSPS) is 18.2. The van der Waals surface area contributed by atoms with Crippen LogP contribution < -0.4 is 9.64 Å². The third-order valence-electron chi connectivity index (χ3n) is 3.00. The van der Waals surface area contributed by atoms with Crippen LogP contribution in [0.2, 0.25) is 0 Å². The molecule has 0 aromatic heterocycles. The summed E-state index contributed by atoms with van der Waals surface area (Å²) < 4.78 is 12.1. The average Bonchev–Trinajstić information content (AvgIpc) is 2.38. The van der Waals surface area contributed by atoms with E-state index in [0.29, 0.717) is 19.8 Å². The van der Waals surface area contributed by atoms with Crippen LogP contribution in [-0.4, -0.2) is 31.8 Å². The van der Waals surface area contributed by atoms with Crippen LogP contribution in [0.5, 0.6) is 5.75 Å². The predicted molar refractivity (Wildman–Crippen MR) is 82.7 cm³/mol. The molecule has 5 heteroatoms. The quantitative estimate of drug-likeness (QED) is 0.587. The van der Waals surface area contributed by atoms with Crippen LogP contribution in [0.25, 0.3) is 0 Å². The Morgan fingerprint density at radius 1 is 1.47 bits per heavy atom. The summed E-state index contributed by atoms with van der Waals surface area (Å²) in [6, 6.07) is 5.90. The Bertz CT molecular complexity index is 464. The predicted octanol–water partition coefficient (Wildman–Crippen LogP) is 2.83. The van der Waals surface area contributed by atoms with E-state index in [1.54, 1.807) is 11.8 Å². The van der Waals surface area contributed by atoms with Crippen molar-refractivity contribution in [3.63, 3.8) is 0 Å². The van der Waals surface area contributed by atoms with Gasteiger partial charge in [-0.25, -0.2) is 0 Å². The number of anilines is 1. The van der Waals surface area contributed by atoms with Crippen molar-refractivity contribution in [3.05, 3.63) is 21.8 Å². The standard InChI is InChI=1S/C14H18INO3/c1-3-18-8-4-7-16-12-6-5-11(15)9-13(12)19-10(2)14(16)17/h5-6,9-10H,3-4,7-8H2,1-2H3. The van der Waals surface area contributed by atoms with Crippen LogP contribution in [0.15, 0.2) is 18.2 Å². The van der Waals surface area contributed by atoms with Crippen LogP contribution in [0.3, 0.4) is 0 Å². The van der Waals surface area contributed by atoms with Crippen molar-refractivity contribution in [1.82, 2.24) is 0 Å². The van der Waals surface area contributed by atoms with Crippen LogP contribution in [0.4, 0.5) is 5.69 Å². The molecular weight excluding hydrogens is 357 g/mol. The van der Waals surface area contributed by atoms with Gasteiger partial charge in [0.05, 0.1) is 5.69 Å². The first kappa shape index (κ1) is 14.6. The lowest BCUT2D eigenvalue weighted by Gasteiger charge is -2.33. The molecule has 0 radical (unpaired) electrons. The van der Waals surface area contributed by atoms with Gasteiger partial charge in [-0.1, -0.05) is 0 Å². The van der Waals surface area contributed by atoms with E-state index in [4.69, 9.17) is 9.47 Å². The van der Waals surface area contributed by atoms with E-state index in [1.165, 1.54) is 0 Å². The zero-order valence-corrected chi connectivity index (χ0v) is 13.3. The average molecular weight is 375 g/mol. The molecule has 1 aliphatic rings. The summed E-state index contributed by atoms with van der Waals surface area (Å²) in [5.41, 5.74) is 0.861. The number of hydrogen-bond donors (Lipinski definition) is 0. The lowest BCUT2D eigenvalue weighted by atomic mass is 10.2. The number of carbonyl (C=O) groups excluding carboxylic acids is 1. The van der Waals surface area contributed by atoms with Gasteiger partial charge in [0.15, 0.2) is 6.10 Å². The van der Waals surface area contributed by atoms with E-state index < -0.39 is 6.10 Å². The van der Waals surface area contributed by atoms with Crippen molar-refractivity contribution >= 4 is 34.2 Å². The number of amides is 1. The highest BCUT2D eigenvalue weighted by molar-refractivity contribution is 14.1. The molecule has 0 spiro atoms. The van der Waals surface area contributed by atoms with Crippen molar-refractivity contribution in [3.8, 4) is 5.75 Å². The fourth-order valence-corrected chi connectivity index (χ4v) is 2.55. The van der Waals surface area contributed by atoms with Gasteiger partial charge in [-0.2, -0.15) is 0 Å². The number of halogens is 1. The van der Waals surface area contributed by atoms with Gasteiger partial charge in [-0.3, -0.25) is 4.79 Å². The second kappa shape index (κ2) is 6.56. The van der Waals surface area contributed by atoms with Crippen molar-refractivity contribution in [2.45, 2.75) is 26.4 Å².